The lowest BCUT2D eigenvalue weighted by Crippen LogP contribution is -2.50. The number of aliphatic hydroxyl groups excluding tert-OH is 1. The van der Waals surface area contributed by atoms with E-state index in [9.17, 15) is 19.1 Å². The van der Waals surface area contributed by atoms with E-state index in [0.717, 1.165) is 0 Å². The van der Waals surface area contributed by atoms with Gasteiger partial charge in [-0.25, -0.2) is 9.37 Å². The Labute approximate surface area is 205 Å². The molecule has 0 aliphatic carbocycles. The number of aliphatic hydroxyl groups is 1. The SMILES string of the molecule is CC(C)C#Cc1cnc2c(c1)C(=O)N([C@H](C)CO)C[C@H](C)[C@@H](CN(C)C(=O)c1cccc(F)c1)O2. The smallest absolute Gasteiger partial charge is 0.259 e. The number of likely N-dealkylation sites (N-methyl/N-ethyl adjacent to an activating group) is 1. The van der Waals surface area contributed by atoms with Crippen molar-refractivity contribution in [1.82, 2.24) is 14.8 Å². The summed E-state index contributed by atoms with van der Waals surface area (Å²) in [5.41, 5.74) is 1.09. The van der Waals surface area contributed by atoms with Crippen LogP contribution in [0.3, 0.4) is 0 Å². The average Bonchev–Trinajstić information content (AvgIpc) is 2.83. The number of halogens is 1. The quantitative estimate of drug-likeness (QED) is 0.663. The van der Waals surface area contributed by atoms with E-state index in [4.69, 9.17) is 4.74 Å². The van der Waals surface area contributed by atoms with Crippen molar-refractivity contribution in [2.24, 2.45) is 11.8 Å². The number of carbonyl (C=O) groups excluding carboxylic acids is 2. The third kappa shape index (κ3) is 6.37. The number of hydrogen-bond acceptors (Lipinski definition) is 5. The number of aromatic nitrogens is 1. The van der Waals surface area contributed by atoms with E-state index >= 15 is 0 Å². The van der Waals surface area contributed by atoms with Crippen LogP contribution in [-0.4, -0.2) is 70.6 Å². The number of fused-ring (bicyclic) bond motifs is 1. The van der Waals surface area contributed by atoms with E-state index in [2.05, 4.69) is 16.8 Å². The Bertz CT molecular complexity index is 1140. The predicted molar refractivity (Wildman–Crippen MR) is 130 cm³/mol. The molecule has 1 N–H and O–H groups in total. The summed E-state index contributed by atoms with van der Waals surface area (Å²) in [6.07, 6.45) is 1.06. The number of ether oxygens (including phenoxy) is 1. The third-order valence-corrected chi connectivity index (χ3v) is 5.90. The van der Waals surface area contributed by atoms with E-state index in [-0.39, 0.29) is 53.8 Å². The normalized spacial score (nSPS) is 18.5. The van der Waals surface area contributed by atoms with Crippen LogP contribution in [0.4, 0.5) is 4.39 Å². The Kier molecular flexibility index (Phi) is 8.47. The first-order valence-corrected chi connectivity index (χ1v) is 11.7. The highest BCUT2D eigenvalue weighted by atomic mass is 19.1. The topological polar surface area (TPSA) is 83.0 Å². The minimum absolute atomic E-state index is 0.156. The van der Waals surface area contributed by atoms with Crippen LogP contribution in [-0.2, 0) is 0 Å². The van der Waals surface area contributed by atoms with E-state index in [1.54, 1.807) is 37.2 Å². The van der Waals surface area contributed by atoms with Gasteiger partial charge in [0, 0.05) is 42.8 Å². The molecule has 35 heavy (non-hydrogen) atoms. The van der Waals surface area contributed by atoms with Gasteiger partial charge < -0.3 is 19.6 Å². The molecule has 0 bridgehead atoms. The molecule has 0 fully saturated rings. The monoisotopic (exact) mass is 481 g/mol. The van der Waals surface area contributed by atoms with Crippen molar-refractivity contribution in [3.63, 3.8) is 0 Å². The molecule has 0 radical (unpaired) electrons. The molecule has 186 valence electrons. The molecular weight excluding hydrogens is 449 g/mol. The van der Waals surface area contributed by atoms with Crippen LogP contribution in [0.2, 0.25) is 0 Å². The molecule has 7 nitrogen and oxygen atoms in total. The molecule has 2 amide bonds. The van der Waals surface area contributed by atoms with Crippen LogP contribution < -0.4 is 4.74 Å². The van der Waals surface area contributed by atoms with Crippen LogP contribution in [0.5, 0.6) is 5.88 Å². The van der Waals surface area contributed by atoms with Gasteiger partial charge in [-0.15, -0.1) is 0 Å². The third-order valence-electron chi connectivity index (χ3n) is 5.90. The second-order valence-electron chi connectivity index (χ2n) is 9.32. The number of amides is 2. The van der Waals surface area contributed by atoms with Gasteiger partial charge in [0.2, 0.25) is 5.88 Å². The van der Waals surface area contributed by atoms with E-state index in [1.807, 2.05) is 20.8 Å². The fourth-order valence-corrected chi connectivity index (χ4v) is 3.81. The van der Waals surface area contributed by atoms with Gasteiger partial charge in [0.15, 0.2) is 0 Å². The number of pyridine rings is 1. The second-order valence-corrected chi connectivity index (χ2v) is 9.32. The molecule has 2 aromatic rings. The highest BCUT2D eigenvalue weighted by Gasteiger charge is 2.34. The lowest BCUT2D eigenvalue weighted by atomic mass is 9.99. The molecule has 1 aliphatic heterocycles. The van der Waals surface area contributed by atoms with Gasteiger partial charge in [0.25, 0.3) is 11.8 Å². The van der Waals surface area contributed by atoms with Gasteiger partial charge in [-0.3, -0.25) is 9.59 Å². The maximum Gasteiger partial charge on any atom is 0.259 e. The van der Waals surface area contributed by atoms with E-state index in [1.165, 1.54) is 23.1 Å². The predicted octanol–water partition coefficient (Wildman–Crippen LogP) is 3.22. The first kappa shape index (κ1) is 26.2. The summed E-state index contributed by atoms with van der Waals surface area (Å²) >= 11 is 0. The molecule has 3 atom stereocenters. The van der Waals surface area contributed by atoms with Crippen molar-refractivity contribution in [3.8, 4) is 17.7 Å². The van der Waals surface area contributed by atoms with Crippen molar-refractivity contribution in [1.29, 1.82) is 0 Å². The van der Waals surface area contributed by atoms with Crippen LogP contribution in [0.1, 0.15) is 54.0 Å². The fraction of sp³-hybridized carbons (Fsp3) is 0.444. The van der Waals surface area contributed by atoms with E-state index < -0.39 is 18.0 Å². The number of hydrogen-bond donors (Lipinski definition) is 1. The molecule has 1 aromatic carbocycles. The molecule has 1 aliphatic rings. The van der Waals surface area contributed by atoms with Gasteiger partial charge in [0.05, 0.1) is 19.2 Å². The number of rotatable bonds is 5. The number of carbonyl (C=O) groups is 2. The van der Waals surface area contributed by atoms with Crippen molar-refractivity contribution < 1.29 is 23.8 Å². The Morgan fingerprint density at radius 2 is 2.09 bits per heavy atom. The standard InChI is InChI=1S/C27H32FN3O4/c1-17(2)9-10-20-11-23-25(29-13-20)35-24(18(3)14-31(27(23)34)19(4)16-32)15-30(5)26(33)21-7-6-8-22(28)12-21/h6-8,11-13,17-19,24,32H,14-16H2,1-5H3/t18-,19+,24+/m0/s1. The molecule has 0 spiro atoms. The van der Waals surface area contributed by atoms with Crippen molar-refractivity contribution in [2.45, 2.75) is 39.8 Å². The first-order chi connectivity index (χ1) is 16.6. The van der Waals surface area contributed by atoms with Gasteiger partial charge in [0.1, 0.15) is 17.5 Å². The number of benzene rings is 1. The van der Waals surface area contributed by atoms with Crippen LogP contribution in [0.15, 0.2) is 36.5 Å². The Morgan fingerprint density at radius 3 is 2.74 bits per heavy atom. The summed E-state index contributed by atoms with van der Waals surface area (Å²) in [6.45, 7) is 7.95. The van der Waals surface area contributed by atoms with Gasteiger partial charge in [-0.2, -0.15) is 0 Å². The van der Waals surface area contributed by atoms with Gasteiger partial charge in [-0.05, 0) is 31.2 Å². The molecular formula is C27H32FN3O4. The molecule has 0 saturated heterocycles. The zero-order valence-corrected chi connectivity index (χ0v) is 20.8. The summed E-state index contributed by atoms with van der Waals surface area (Å²) in [5.74, 6) is 5.10. The largest absolute Gasteiger partial charge is 0.472 e. The summed E-state index contributed by atoms with van der Waals surface area (Å²) in [4.78, 5) is 33.8. The molecule has 3 rings (SSSR count). The van der Waals surface area contributed by atoms with Crippen molar-refractivity contribution in [2.75, 3.05) is 26.7 Å². The Hall–Kier alpha value is -3.44. The minimum Gasteiger partial charge on any atom is -0.472 e. The Morgan fingerprint density at radius 1 is 1.34 bits per heavy atom. The summed E-state index contributed by atoms with van der Waals surface area (Å²) in [5, 5.41) is 9.79. The maximum atomic E-state index is 13.6. The molecule has 0 saturated carbocycles. The lowest BCUT2D eigenvalue weighted by molar-refractivity contribution is 0.0313. The maximum absolute atomic E-state index is 13.6. The van der Waals surface area contributed by atoms with E-state index in [0.29, 0.717) is 12.1 Å². The summed E-state index contributed by atoms with van der Waals surface area (Å²) in [6, 6.07) is 6.77. The summed E-state index contributed by atoms with van der Waals surface area (Å²) in [7, 11) is 1.63. The van der Waals surface area contributed by atoms with Crippen LogP contribution >= 0.6 is 0 Å². The summed E-state index contributed by atoms with van der Waals surface area (Å²) < 4.78 is 19.8. The average molecular weight is 482 g/mol. The zero-order valence-electron chi connectivity index (χ0n) is 20.8. The zero-order chi connectivity index (χ0) is 25.7. The van der Waals surface area contributed by atoms with Crippen molar-refractivity contribution in [3.05, 3.63) is 59.0 Å². The van der Waals surface area contributed by atoms with Gasteiger partial charge >= 0.3 is 0 Å². The minimum atomic E-state index is -0.502. The lowest BCUT2D eigenvalue weighted by Gasteiger charge is -2.37. The second kappa shape index (κ2) is 11.3. The van der Waals surface area contributed by atoms with Crippen LogP contribution in [0.25, 0.3) is 0 Å². The number of nitrogens with zero attached hydrogens (tertiary/aromatic N) is 3. The van der Waals surface area contributed by atoms with Crippen molar-refractivity contribution >= 4 is 11.8 Å². The molecule has 1 aromatic heterocycles. The molecule has 0 unspecified atom stereocenters. The molecule has 2 heterocycles. The highest BCUT2D eigenvalue weighted by molar-refractivity contribution is 5.97. The Balaban J connectivity index is 1.95. The van der Waals surface area contributed by atoms with Crippen LogP contribution in [0, 0.1) is 29.5 Å². The first-order valence-electron chi connectivity index (χ1n) is 11.7. The van der Waals surface area contributed by atoms with Gasteiger partial charge in [-0.1, -0.05) is 38.7 Å². The molecule has 8 heteroatoms. The fourth-order valence-electron chi connectivity index (χ4n) is 3.81. The highest BCUT2D eigenvalue weighted by Crippen LogP contribution is 2.27.